The maximum atomic E-state index is 15.8. The molecule has 2 saturated heterocycles. The molecule has 5 heterocycles. The number of alkyl halides is 2. The van der Waals surface area contributed by atoms with Crippen LogP contribution in [0, 0.1) is 12.8 Å². The number of hydrogen-bond donors (Lipinski definition) is 1. The molecule has 0 bridgehead atoms. The highest BCUT2D eigenvalue weighted by molar-refractivity contribution is 5.98. The fourth-order valence-corrected chi connectivity index (χ4v) is 8.78. The monoisotopic (exact) mass is 717 g/mol. The Kier molecular flexibility index (Phi) is 9.45. The number of benzene rings is 3. The summed E-state index contributed by atoms with van der Waals surface area (Å²) in [5.74, 6) is -4.48. The Labute approximate surface area is 308 Å². The smallest absolute Gasteiger partial charge is 0.267 e. The Balaban J connectivity index is 0.890. The first-order chi connectivity index (χ1) is 25.5. The lowest BCUT2D eigenvalue weighted by Crippen LogP contribution is -2.47. The number of nitrogens with zero attached hydrogens (tertiary/aromatic N) is 4. The van der Waals surface area contributed by atoms with E-state index >= 15 is 8.78 Å². The molecule has 1 N–H and O–H groups in total. The minimum Gasteiger partial charge on any atom is -0.318 e. The van der Waals surface area contributed by atoms with Crippen LogP contribution in [0.3, 0.4) is 0 Å². The summed E-state index contributed by atoms with van der Waals surface area (Å²) < 4.78 is 33.2. The van der Waals surface area contributed by atoms with Crippen LogP contribution >= 0.6 is 0 Å². The second-order valence-electron chi connectivity index (χ2n) is 15.4. The molecule has 8 rings (SSSR count). The molecule has 274 valence electrons. The number of carbonyl (C=O) groups is 2. The molecule has 2 atom stereocenters. The summed E-state index contributed by atoms with van der Waals surface area (Å²) in [6, 6.07) is 20.2. The normalized spacial score (nSPS) is 21.4. The van der Waals surface area contributed by atoms with Crippen molar-refractivity contribution < 1.29 is 18.4 Å². The highest BCUT2D eigenvalue weighted by atomic mass is 19.3. The third-order valence-electron chi connectivity index (χ3n) is 11.8. The van der Waals surface area contributed by atoms with Crippen molar-refractivity contribution in [3.8, 4) is 11.1 Å². The summed E-state index contributed by atoms with van der Waals surface area (Å²) in [6.45, 7) is 5.93. The van der Waals surface area contributed by atoms with E-state index in [0.717, 1.165) is 59.4 Å². The van der Waals surface area contributed by atoms with Gasteiger partial charge in [-0.15, -0.1) is 0 Å². The van der Waals surface area contributed by atoms with Gasteiger partial charge < -0.3 is 4.57 Å². The second-order valence-corrected chi connectivity index (χ2v) is 15.4. The molecule has 2 unspecified atom stereocenters. The van der Waals surface area contributed by atoms with Crippen molar-refractivity contribution in [2.45, 2.75) is 77.0 Å². The van der Waals surface area contributed by atoms with E-state index in [2.05, 4.69) is 58.5 Å². The van der Waals surface area contributed by atoms with Crippen LogP contribution in [0.2, 0.25) is 0 Å². The number of pyridine rings is 1. The molecule has 10 heteroatoms. The molecule has 4 aromatic rings. The number of halogens is 2. The number of likely N-dealkylation sites (tertiary alicyclic amines) is 1. The zero-order valence-corrected chi connectivity index (χ0v) is 30.3. The topological polar surface area (TPSA) is 87.0 Å². The maximum absolute atomic E-state index is 15.8. The SMILES string of the molecule is Cc1cc(-c2cn(C)c(=O)c3c2C=NC3)ccc1CN1CCc2c(cccc2CN2CCC(c3ccc(CC4CCC(=O)NC4=O)cc3)C(F)(F)C2)C1. The number of aryl methyl sites for hydroxylation is 2. The number of fused-ring (bicyclic) bond motifs is 2. The van der Waals surface area contributed by atoms with E-state index < -0.39 is 11.8 Å². The molecule has 3 aromatic carbocycles. The molecule has 53 heavy (non-hydrogen) atoms. The molecular formula is C43H45F2N5O3. The van der Waals surface area contributed by atoms with Gasteiger partial charge in [-0.2, -0.15) is 0 Å². The van der Waals surface area contributed by atoms with Crippen molar-refractivity contribution in [3.63, 3.8) is 0 Å². The van der Waals surface area contributed by atoms with Gasteiger partial charge in [-0.1, -0.05) is 60.7 Å². The van der Waals surface area contributed by atoms with Crippen molar-refractivity contribution in [1.29, 1.82) is 0 Å². The predicted octanol–water partition coefficient (Wildman–Crippen LogP) is 6.07. The average Bonchev–Trinajstić information content (AvgIpc) is 3.63. The Hall–Kier alpha value is -4.80. The summed E-state index contributed by atoms with van der Waals surface area (Å²) in [7, 11) is 1.79. The molecule has 2 amide bonds. The lowest BCUT2D eigenvalue weighted by atomic mass is 9.84. The number of imide groups is 1. The van der Waals surface area contributed by atoms with E-state index in [9.17, 15) is 14.4 Å². The van der Waals surface area contributed by atoms with E-state index in [1.54, 1.807) is 23.7 Å². The number of aromatic nitrogens is 1. The van der Waals surface area contributed by atoms with Crippen LogP contribution in [0.1, 0.15) is 75.3 Å². The van der Waals surface area contributed by atoms with Crippen LogP contribution in [-0.4, -0.2) is 58.0 Å². The van der Waals surface area contributed by atoms with E-state index in [1.165, 1.54) is 22.3 Å². The van der Waals surface area contributed by atoms with Crippen LogP contribution < -0.4 is 10.9 Å². The average molecular weight is 718 g/mol. The predicted molar refractivity (Wildman–Crippen MR) is 201 cm³/mol. The van der Waals surface area contributed by atoms with Gasteiger partial charge in [-0.3, -0.25) is 34.5 Å². The Morgan fingerprint density at radius 2 is 1.72 bits per heavy atom. The molecule has 4 aliphatic heterocycles. The van der Waals surface area contributed by atoms with Crippen LogP contribution in [0.5, 0.6) is 0 Å². The van der Waals surface area contributed by atoms with Gasteiger partial charge in [-0.05, 0) is 83.7 Å². The van der Waals surface area contributed by atoms with E-state index in [-0.39, 0.29) is 29.8 Å². The minimum absolute atomic E-state index is 0.00907. The molecule has 8 nitrogen and oxygen atoms in total. The third kappa shape index (κ3) is 7.14. The molecule has 0 aliphatic carbocycles. The lowest BCUT2D eigenvalue weighted by molar-refractivity contribution is -0.136. The standard InChI is InChI=1S/C43H45F2N5O3/c1-27-18-30(38-25-48(2)42(53)37-21-46-20-36(37)38)10-11-32(27)22-49-16-14-35-33(23-49)4-3-5-34(35)24-50-17-15-39(43(44,45)26-50)29-8-6-28(7-9-29)19-31-12-13-40(51)47-41(31)52/h3-11,18,20,25,31,39H,12-17,19,21-24,26H2,1-2H3,(H,47,51,52). The van der Waals surface area contributed by atoms with E-state index in [0.29, 0.717) is 50.9 Å². The largest absolute Gasteiger partial charge is 0.318 e. The zero-order valence-electron chi connectivity index (χ0n) is 30.3. The third-order valence-corrected chi connectivity index (χ3v) is 11.8. The van der Waals surface area contributed by atoms with E-state index in [4.69, 9.17) is 0 Å². The second kappa shape index (κ2) is 14.2. The first-order valence-corrected chi connectivity index (χ1v) is 18.7. The number of piperidine rings is 2. The van der Waals surface area contributed by atoms with Crippen molar-refractivity contribution in [3.05, 3.63) is 127 Å². The van der Waals surface area contributed by atoms with Gasteiger partial charge in [0, 0.05) is 74.7 Å². The Morgan fingerprint density at radius 3 is 2.49 bits per heavy atom. The summed E-state index contributed by atoms with van der Waals surface area (Å²) in [5.41, 5.74) is 11.5. The molecular weight excluding hydrogens is 673 g/mol. The first-order valence-electron chi connectivity index (χ1n) is 18.7. The van der Waals surface area contributed by atoms with Crippen LogP contribution in [0.4, 0.5) is 8.78 Å². The van der Waals surface area contributed by atoms with Gasteiger partial charge in [0.25, 0.3) is 11.5 Å². The lowest BCUT2D eigenvalue weighted by Gasteiger charge is -2.39. The molecule has 0 saturated carbocycles. The Bertz CT molecular complexity index is 2180. The van der Waals surface area contributed by atoms with Crippen molar-refractivity contribution in [2.24, 2.45) is 18.0 Å². The molecule has 0 radical (unpaired) electrons. The Morgan fingerprint density at radius 1 is 0.906 bits per heavy atom. The molecule has 1 aromatic heterocycles. The number of rotatable bonds is 8. The number of amides is 2. The van der Waals surface area contributed by atoms with Gasteiger partial charge in [-0.25, -0.2) is 8.78 Å². The number of aliphatic imine (C=N–C) groups is 1. The van der Waals surface area contributed by atoms with Gasteiger partial charge in [0.2, 0.25) is 11.8 Å². The summed E-state index contributed by atoms with van der Waals surface area (Å²) in [4.78, 5) is 45.0. The fourth-order valence-electron chi connectivity index (χ4n) is 8.78. The van der Waals surface area contributed by atoms with Gasteiger partial charge in [0.15, 0.2) is 0 Å². The van der Waals surface area contributed by atoms with Crippen LogP contribution in [0.25, 0.3) is 11.1 Å². The number of hydrogen-bond acceptors (Lipinski definition) is 6. The fraction of sp³-hybridized carbons (Fsp3) is 0.395. The van der Waals surface area contributed by atoms with Crippen molar-refractivity contribution >= 4 is 18.0 Å². The first kappa shape index (κ1) is 35.2. The van der Waals surface area contributed by atoms with E-state index in [1.807, 2.05) is 29.4 Å². The van der Waals surface area contributed by atoms with Gasteiger partial charge in [0.1, 0.15) is 0 Å². The van der Waals surface area contributed by atoms with Crippen LogP contribution in [0.15, 0.2) is 76.6 Å². The summed E-state index contributed by atoms with van der Waals surface area (Å²) in [5, 5.41) is 2.39. The molecule has 0 spiro atoms. The quantitative estimate of drug-likeness (QED) is 0.224. The highest BCUT2D eigenvalue weighted by Crippen LogP contribution is 2.41. The zero-order chi connectivity index (χ0) is 36.9. The van der Waals surface area contributed by atoms with Gasteiger partial charge >= 0.3 is 0 Å². The number of carbonyl (C=O) groups excluding carboxylic acids is 2. The summed E-state index contributed by atoms with van der Waals surface area (Å²) in [6.07, 6.45) is 6.32. The van der Waals surface area contributed by atoms with Gasteiger partial charge in [0.05, 0.1) is 19.0 Å². The molecule has 4 aliphatic rings. The molecule has 2 fully saturated rings. The number of nitrogens with one attached hydrogen (secondary N) is 1. The highest BCUT2D eigenvalue weighted by Gasteiger charge is 2.45. The maximum Gasteiger partial charge on any atom is 0.267 e. The summed E-state index contributed by atoms with van der Waals surface area (Å²) >= 11 is 0. The van der Waals surface area contributed by atoms with Crippen molar-refractivity contribution in [1.82, 2.24) is 19.7 Å². The van der Waals surface area contributed by atoms with Crippen molar-refractivity contribution in [2.75, 3.05) is 19.6 Å². The minimum atomic E-state index is -2.87. The van der Waals surface area contributed by atoms with Crippen LogP contribution in [-0.2, 0) is 55.7 Å².